The number of phenolic OH excluding ortho intramolecular Hbond substituents is 1. The molecule has 1 nitrogen and oxygen atoms in total. The van der Waals surface area contributed by atoms with Crippen molar-refractivity contribution in [2.24, 2.45) is 0 Å². The fraction of sp³-hybridized carbons (Fsp3) is 0.400. The Morgan fingerprint density at radius 1 is 0.917 bits per heavy atom. The number of aromatic hydroxyl groups is 1. The Balaban J connectivity index is 0.00000121. The molecular weight excluding hydrogens is 143 g/mol. The van der Waals surface area contributed by atoms with Gasteiger partial charge in [-0.2, -0.15) is 0 Å². The van der Waals surface area contributed by atoms with Crippen LogP contribution in [0.3, 0.4) is 0 Å². The molecule has 0 fully saturated rings. The topological polar surface area (TPSA) is 20.2 Å². The van der Waals surface area contributed by atoms with E-state index in [4.69, 9.17) is 0 Å². The summed E-state index contributed by atoms with van der Waals surface area (Å²) < 4.78 is 0. The minimum atomic E-state index is 0. The van der Waals surface area contributed by atoms with E-state index in [1.54, 1.807) is 0 Å². The Bertz CT molecular complexity index is 266. The fourth-order valence-corrected chi connectivity index (χ4v) is 1.19. The molecular formula is C10H15LiO. The van der Waals surface area contributed by atoms with Gasteiger partial charge in [0.05, 0.1) is 0 Å². The van der Waals surface area contributed by atoms with Crippen LogP contribution in [-0.4, -0.2) is 24.0 Å². The summed E-state index contributed by atoms with van der Waals surface area (Å²) in [6, 6.07) is 1.82. The Labute approximate surface area is 86.0 Å². The quantitative estimate of drug-likeness (QED) is 0.572. The van der Waals surface area contributed by atoms with Gasteiger partial charge in [-0.3, -0.25) is 0 Å². The molecule has 62 valence electrons. The first kappa shape index (κ1) is 11.6. The van der Waals surface area contributed by atoms with Crippen molar-refractivity contribution in [3.05, 3.63) is 28.3 Å². The number of benzene rings is 1. The van der Waals surface area contributed by atoms with Gasteiger partial charge in [-0.25, -0.2) is 0 Å². The van der Waals surface area contributed by atoms with Crippen molar-refractivity contribution in [1.82, 2.24) is 0 Å². The van der Waals surface area contributed by atoms with Gasteiger partial charge in [0.25, 0.3) is 0 Å². The summed E-state index contributed by atoms with van der Waals surface area (Å²) in [6.45, 7) is 8.08. The van der Waals surface area contributed by atoms with Crippen molar-refractivity contribution in [3.63, 3.8) is 0 Å². The van der Waals surface area contributed by atoms with E-state index in [2.05, 4.69) is 6.92 Å². The van der Waals surface area contributed by atoms with Gasteiger partial charge in [-0.15, -0.1) is 0 Å². The molecule has 0 bridgehead atoms. The van der Waals surface area contributed by atoms with E-state index in [1.807, 2.05) is 26.8 Å². The standard InChI is InChI=1S/C10H14O.Li.H/c1-6-5-10(11)9(4)8(3)7(6)2;;/h5,11H,1-4H3;;. The second-order valence-corrected chi connectivity index (χ2v) is 3.09. The molecule has 0 radical (unpaired) electrons. The first-order chi connectivity index (χ1) is 5.04. The predicted molar refractivity (Wildman–Crippen MR) is 54.2 cm³/mol. The second kappa shape index (κ2) is 4.03. The van der Waals surface area contributed by atoms with Crippen LogP contribution in [0.25, 0.3) is 0 Å². The molecule has 12 heavy (non-hydrogen) atoms. The van der Waals surface area contributed by atoms with Crippen LogP contribution < -0.4 is 0 Å². The summed E-state index contributed by atoms with van der Waals surface area (Å²) in [5, 5.41) is 9.41. The molecule has 0 heterocycles. The van der Waals surface area contributed by atoms with E-state index in [0.29, 0.717) is 5.75 Å². The van der Waals surface area contributed by atoms with Crippen molar-refractivity contribution in [2.75, 3.05) is 0 Å². The number of rotatable bonds is 0. The first-order valence-electron chi connectivity index (χ1n) is 3.80. The Hall–Kier alpha value is -0.383. The number of aryl methyl sites for hydroxylation is 1. The van der Waals surface area contributed by atoms with Gasteiger partial charge < -0.3 is 5.11 Å². The third-order valence-corrected chi connectivity index (χ3v) is 2.45. The molecule has 0 aliphatic heterocycles. The van der Waals surface area contributed by atoms with E-state index >= 15 is 0 Å². The van der Waals surface area contributed by atoms with Gasteiger partial charge in [0.1, 0.15) is 5.75 Å². The van der Waals surface area contributed by atoms with Crippen molar-refractivity contribution in [2.45, 2.75) is 27.7 Å². The van der Waals surface area contributed by atoms with Gasteiger partial charge in [-0.1, -0.05) is 0 Å². The third kappa shape index (κ3) is 1.86. The molecule has 0 saturated heterocycles. The van der Waals surface area contributed by atoms with E-state index in [-0.39, 0.29) is 18.9 Å². The van der Waals surface area contributed by atoms with Crippen molar-refractivity contribution >= 4 is 18.9 Å². The van der Waals surface area contributed by atoms with Gasteiger partial charge >= 0.3 is 18.9 Å². The molecule has 0 aliphatic carbocycles. The van der Waals surface area contributed by atoms with Gasteiger partial charge in [0.15, 0.2) is 0 Å². The molecule has 1 N–H and O–H groups in total. The van der Waals surface area contributed by atoms with Crippen molar-refractivity contribution in [3.8, 4) is 5.75 Å². The van der Waals surface area contributed by atoms with Crippen molar-refractivity contribution < 1.29 is 5.11 Å². The van der Waals surface area contributed by atoms with Gasteiger partial charge in [0, 0.05) is 0 Å². The average Bonchev–Trinajstić information content (AvgIpc) is 1.97. The molecule has 0 atom stereocenters. The molecule has 0 saturated carbocycles. The van der Waals surface area contributed by atoms with Crippen LogP contribution in [0.5, 0.6) is 5.75 Å². The zero-order valence-electron chi connectivity index (χ0n) is 7.52. The number of hydrogen-bond acceptors (Lipinski definition) is 1. The Kier molecular flexibility index (Phi) is 3.90. The molecule has 2 heteroatoms. The summed E-state index contributed by atoms with van der Waals surface area (Å²) in [5.41, 5.74) is 4.63. The van der Waals surface area contributed by atoms with Crippen LogP contribution in [0.4, 0.5) is 0 Å². The second-order valence-electron chi connectivity index (χ2n) is 3.09. The maximum atomic E-state index is 9.41. The van der Waals surface area contributed by atoms with E-state index in [0.717, 1.165) is 11.1 Å². The normalized spacial score (nSPS) is 9.33. The van der Waals surface area contributed by atoms with E-state index in [1.165, 1.54) is 11.1 Å². The van der Waals surface area contributed by atoms with Crippen LogP contribution >= 0.6 is 0 Å². The average molecular weight is 158 g/mol. The maximum absolute atomic E-state index is 9.41. The van der Waals surface area contributed by atoms with Gasteiger partial charge in [0.2, 0.25) is 0 Å². The molecule has 1 rings (SSSR count). The molecule has 0 aliphatic rings. The van der Waals surface area contributed by atoms with E-state index in [9.17, 15) is 5.11 Å². The molecule has 1 aromatic carbocycles. The third-order valence-electron chi connectivity index (χ3n) is 2.45. The summed E-state index contributed by atoms with van der Waals surface area (Å²) >= 11 is 0. The van der Waals surface area contributed by atoms with Gasteiger partial charge in [-0.05, 0) is 56.0 Å². The summed E-state index contributed by atoms with van der Waals surface area (Å²) in [6.07, 6.45) is 0. The summed E-state index contributed by atoms with van der Waals surface area (Å²) in [5.74, 6) is 0.408. The van der Waals surface area contributed by atoms with Crippen LogP contribution in [0.1, 0.15) is 22.3 Å². The van der Waals surface area contributed by atoms with Crippen LogP contribution in [0.2, 0.25) is 0 Å². The first-order valence-corrected chi connectivity index (χ1v) is 3.80. The van der Waals surface area contributed by atoms with Crippen LogP contribution in [0, 0.1) is 27.7 Å². The summed E-state index contributed by atoms with van der Waals surface area (Å²) in [4.78, 5) is 0. The number of phenols is 1. The zero-order chi connectivity index (χ0) is 8.59. The van der Waals surface area contributed by atoms with Crippen LogP contribution in [0.15, 0.2) is 6.07 Å². The SMILES string of the molecule is Cc1cc(O)c(C)c(C)c1C.[LiH]. The Morgan fingerprint density at radius 2 is 1.42 bits per heavy atom. The zero-order valence-corrected chi connectivity index (χ0v) is 7.52. The van der Waals surface area contributed by atoms with Crippen LogP contribution in [-0.2, 0) is 0 Å². The van der Waals surface area contributed by atoms with E-state index < -0.39 is 0 Å². The van der Waals surface area contributed by atoms with Crippen molar-refractivity contribution in [1.29, 1.82) is 0 Å². The molecule has 0 aromatic heterocycles. The molecule has 0 amide bonds. The fourth-order valence-electron chi connectivity index (χ4n) is 1.19. The molecule has 1 aromatic rings. The molecule has 0 unspecified atom stereocenters. The monoisotopic (exact) mass is 158 g/mol. The predicted octanol–water partition coefficient (Wildman–Crippen LogP) is 1.98. The minimum absolute atomic E-state index is 0. The number of hydrogen-bond donors (Lipinski definition) is 1. The summed E-state index contributed by atoms with van der Waals surface area (Å²) in [7, 11) is 0. The Morgan fingerprint density at radius 3 is 1.92 bits per heavy atom. The molecule has 0 spiro atoms.